The lowest BCUT2D eigenvalue weighted by atomic mass is 10.0. The van der Waals surface area contributed by atoms with Crippen molar-refractivity contribution in [3.05, 3.63) is 67.7 Å². The van der Waals surface area contributed by atoms with Gasteiger partial charge in [0.2, 0.25) is 0 Å². The van der Waals surface area contributed by atoms with Crippen LogP contribution in [0.25, 0.3) is 11.1 Å². The lowest BCUT2D eigenvalue weighted by Gasteiger charge is -2.07. The number of hydrogen-bond donors (Lipinski definition) is 0. The molecule has 0 aliphatic heterocycles. The number of nitrogens with zero attached hydrogens (tertiary/aromatic N) is 1. The predicted molar refractivity (Wildman–Crippen MR) is 92.8 cm³/mol. The summed E-state index contributed by atoms with van der Waals surface area (Å²) in [6, 6.07) is 14.2. The van der Waals surface area contributed by atoms with E-state index in [9.17, 15) is 4.79 Å². The number of benzene rings is 2. The molecule has 0 aliphatic rings. The summed E-state index contributed by atoms with van der Waals surface area (Å²) in [6.45, 7) is 4.88. The Morgan fingerprint density at radius 2 is 1.86 bits per heavy atom. The van der Waals surface area contributed by atoms with E-state index < -0.39 is 0 Å². The van der Waals surface area contributed by atoms with E-state index in [1.165, 1.54) is 5.56 Å². The number of hydrogen-bond acceptors (Lipinski definition) is 2. The smallest absolute Gasteiger partial charge is 0.408 e. The molecule has 3 rings (SSSR count). The van der Waals surface area contributed by atoms with Crippen LogP contribution >= 0.6 is 22.6 Å². The van der Waals surface area contributed by atoms with Crippen molar-refractivity contribution in [3.8, 4) is 0 Å². The molecule has 3 nitrogen and oxygen atoms in total. The zero-order valence-corrected chi connectivity index (χ0v) is 14.1. The molecule has 0 amide bonds. The Kier molecular flexibility index (Phi) is 3.89. The lowest BCUT2D eigenvalue weighted by molar-refractivity contribution is 0.517. The molecule has 0 spiro atoms. The average Bonchev–Trinajstić information content (AvgIpc) is 2.76. The summed E-state index contributed by atoms with van der Waals surface area (Å²) >= 11 is 2.24. The van der Waals surface area contributed by atoms with Gasteiger partial charge in [-0.05, 0) is 57.8 Å². The fourth-order valence-electron chi connectivity index (χ4n) is 2.38. The van der Waals surface area contributed by atoms with Gasteiger partial charge >= 0.3 is 5.76 Å². The van der Waals surface area contributed by atoms with Gasteiger partial charge in [0.1, 0.15) is 0 Å². The van der Waals surface area contributed by atoms with Crippen molar-refractivity contribution in [2.24, 2.45) is 0 Å². The van der Waals surface area contributed by atoms with Crippen molar-refractivity contribution in [1.29, 1.82) is 0 Å². The summed E-state index contributed by atoms with van der Waals surface area (Å²) in [7, 11) is 0. The van der Waals surface area contributed by atoms with Crippen LogP contribution in [0, 0.1) is 3.57 Å². The average molecular weight is 393 g/mol. The largest absolute Gasteiger partial charge is 0.420 e. The second kappa shape index (κ2) is 5.67. The molecule has 1 heterocycles. The summed E-state index contributed by atoms with van der Waals surface area (Å²) in [5.41, 5.74) is 3.89. The van der Waals surface area contributed by atoms with Gasteiger partial charge in [-0.15, -0.1) is 0 Å². The van der Waals surface area contributed by atoms with Crippen molar-refractivity contribution < 1.29 is 4.42 Å². The minimum absolute atomic E-state index is 0.306. The Balaban J connectivity index is 1.99. The van der Waals surface area contributed by atoms with Gasteiger partial charge in [0.05, 0.1) is 12.1 Å². The molecule has 0 bridgehead atoms. The van der Waals surface area contributed by atoms with Crippen LogP contribution in [0.4, 0.5) is 0 Å². The van der Waals surface area contributed by atoms with Crippen molar-refractivity contribution in [3.63, 3.8) is 0 Å². The van der Waals surface area contributed by atoms with Gasteiger partial charge in [-0.25, -0.2) is 4.79 Å². The first-order valence-corrected chi connectivity index (χ1v) is 8.00. The maximum absolute atomic E-state index is 12.0. The van der Waals surface area contributed by atoms with Crippen molar-refractivity contribution in [1.82, 2.24) is 4.57 Å². The van der Waals surface area contributed by atoms with Crippen molar-refractivity contribution in [2.75, 3.05) is 0 Å². The molecule has 4 heteroatoms. The highest BCUT2D eigenvalue weighted by molar-refractivity contribution is 14.1. The van der Waals surface area contributed by atoms with Gasteiger partial charge in [-0.1, -0.05) is 38.1 Å². The summed E-state index contributed by atoms with van der Waals surface area (Å²) < 4.78 is 8.06. The molecule has 108 valence electrons. The number of aromatic nitrogens is 1. The zero-order valence-electron chi connectivity index (χ0n) is 12.0. The number of fused-ring (bicyclic) bond motifs is 1. The van der Waals surface area contributed by atoms with E-state index in [-0.39, 0.29) is 5.76 Å². The first-order valence-electron chi connectivity index (χ1n) is 6.92. The number of oxazole rings is 1. The number of halogens is 1. The van der Waals surface area contributed by atoms with Crippen molar-refractivity contribution in [2.45, 2.75) is 26.3 Å². The van der Waals surface area contributed by atoms with Gasteiger partial charge in [0.25, 0.3) is 0 Å². The van der Waals surface area contributed by atoms with E-state index in [2.05, 4.69) is 60.7 Å². The highest BCUT2D eigenvalue weighted by Crippen LogP contribution is 2.19. The molecule has 0 saturated carbocycles. The summed E-state index contributed by atoms with van der Waals surface area (Å²) in [4.78, 5) is 12.0. The van der Waals surface area contributed by atoms with Crippen molar-refractivity contribution >= 4 is 33.7 Å². The normalized spacial score (nSPS) is 11.4. The van der Waals surface area contributed by atoms with Gasteiger partial charge in [0, 0.05) is 3.57 Å². The molecule has 0 unspecified atom stereocenters. The molecule has 0 aliphatic carbocycles. The minimum atomic E-state index is -0.306. The highest BCUT2D eigenvalue weighted by atomic mass is 127. The van der Waals surface area contributed by atoms with Gasteiger partial charge in [-0.3, -0.25) is 4.57 Å². The van der Waals surface area contributed by atoms with Crippen LogP contribution in [0.3, 0.4) is 0 Å². The van der Waals surface area contributed by atoms with Gasteiger partial charge in [-0.2, -0.15) is 0 Å². The molecular weight excluding hydrogens is 377 g/mol. The molecule has 1 aromatic heterocycles. The third-order valence-electron chi connectivity index (χ3n) is 3.62. The van der Waals surface area contributed by atoms with Crippen LogP contribution in [0.15, 0.2) is 51.7 Å². The maximum Gasteiger partial charge on any atom is 0.420 e. The van der Waals surface area contributed by atoms with E-state index >= 15 is 0 Å². The molecular formula is C17H16INO2. The SMILES string of the molecule is CC(C)c1ccc(Cn2c(=O)oc3ccc(I)cc32)cc1. The molecule has 0 N–H and O–H groups in total. The Labute approximate surface area is 136 Å². The third-order valence-corrected chi connectivity index (χ3v) is 4.29. The van der Waals surface area contributed by atoms with Gasteiger partial charge < -0.3 is 4.42 Å². The second-order valence-corrected chi connectivity index (χ2v) is 6.71. The Bertz CT molecular complexity index is 828. The summed E-state index contributed by atoms with van der Waals surface area (Å²) in [6.07, 6.45) is 0. The van der Waals surface area contributed by atoms with Crippen LogP contribution < -0.4 is 5.76 Å². The zero-order chi connectivity index (χ0) is 15.0. The quantitative estimate of drug-likeness (QED) is 0.620. The lowest BCUT2D eigenvalue weighted by Crippen LogP contribution is -2.14. The Hall–Kier alpha value is -1.56. The minimum Gasteiger partial charge on any atom is -0.408 e. The summed E-state index contributed by atoms with van der Waals surface area (Å²) in [5.74, 6) is 0.207. The van der Waals surface area contributed by atoms with Crippen LogP contribution in [-0.4, -0.2) is 4.57 Å². The van der Waals surface area contributed by atoms with E-state index in [0.29, 0.717) is 18.0 Å². The second-order valence-electron chi connectivity index (χ2n) is 5.46. The standard InChI is InChI=1S/C17H16INO2/c1-11(2)13-5-3-12(4-6-13)10-19-15-9-14(18)7-8-16(15)21-17(19)20/h3-9,11H,10H2,1-2H3. The fraction of sp³-hybridized carbons (Fsp3) is 0.235. The predicted octanol–water partition coefficient (Wildman–Crippen LogP) is 4.37. The first kappa shape index (κ1) is 14.4. The van der Waals surface area contributed by atoms with Crippen LogP contribution in [0.2, 0.25) is 0 Å². The monoisotopic (exact) mass is 393 g/mol. The first-order chi connectivity index (χ1) is 10.0. The van der Waals surface area contributed by atoms with E-state index in [0.717, 1.165) is 14.7 Å². The molecule has 21 heavy (non-hydrogen) atoms. The topological polar surface area (TPSA) is 35.1 Å². The maximum atomic E-state index is 12.0. The molecule has 3 aromatic rings. The molecule has 0 atom stereocenters. The highest BCUT2D eigenvalue weighted by Gasteiger charge is 2.10. The Morgan fingerprint density at radius 1 is 1.14 bits per heavy atom. The molecule has 0 radical (unpaired) electrons. The van der Waals surface area contributed by atoms with Crippen LogP contribution in [0.1, 0.15) is 30.9 Å². The molecule has 0 fully saturated rings. The van der Waals surface area contributed by atoms with E-state index in [1.807, 2.05) is 18.2 Å². The number of rotatable bonds is 3. The van der Waals surface area contributed by atoms with Gasteiger partial charge in [0.15, 0.2) is 5.58 Å². The molecule has 2 aromatic carbocycles. The van der Waals surface area contributed by atoms with E-state index in [1.54, 1.807) is 4.57 Å². The molecule has 0 saturated heterocycles. The van der Waals surface area contributed by atoms with Crippen LogP contribution in [-0.2, 0) is 6.54 Å². The van der Waals surface area contributed by atoms with Crippen LogP contribution in [0.5, 0.6) is 0 Å². The fourth-order valence-corrected chi connectivity index (χ4v) is 2.85. The Morgan fingerprint density at radius 3 is 2.52 bits per heavy atom. The third kappa shape index (κ3) is 2.90. The van der Waals surface area contributed by atoms with E-state index in [4.69, 9.17) is 4.42 Å². The summed E-state index contributed by atoms with van der Waals surface area (Å²) in [5, 5.41) is 0.